The highest BCUT2D eigenvalue weighted by molar-refractivity contribution is 6.33. The lowest BCUT2D eigenvalue weighted by atomic mass is 10.2. The summed E-state index contributed by atoms with van der Waals surface area (Å²) >= 11 is 5.82. The van der Waals surface area contributed by atoms with Crippen LogP contribution in [0.1, 0.15) is 12.5 Å². The second-order valence-corrected chi connectivity index (χ2v) is 5.06. The number of hydrogen-bond donors (Lipinski definition) is 1. The molecular weight excluding hydrogens is 326 g/mol. The third-order valence-corrected chi connectivity index (χ3v) is 3.14. The molecule has 2 aromatic carbocycles. The molecule has 1 atom stereocenters. The summed E-state index contributed by atoms with van der Waals surface area (Å²) in [6, 6.07) is 9.36. The van der Waals surface area contributed by atoms with Crippen molar-refractivity contribution in [1.82, 2.24) is 0 Å². The summed E-state index contributed by atoms with van der Waals surface area (Å²) in [5.41, 5.74) is 0.766. The number of hydrogen-bond acceptors (Lipinski definition) is 3. The van der Waals surface area contributed by atoms with Gasteiger partial charge in [0.05, 0.1) is 16.9 Å². The zero-order valence-electron chi connectivity index (χ0n) is 12.1. The Morgan fingerprint density at radius 3 is 2.70 bits per heavy atom. The molecule has 0 aliphatic carbocycles. The summed E-state index contributed by atoms with van der Waals surface area (Å²) in [6.07, 6.45) is 0.374. The topological polar surface area (TPSA) is 50.7 Å². The molecule has 0 fully saturated rings. The number of anilines is 1. The second kappa shape index (κ2) is 7.69. The summed E-state index contributed by atoms with van der Waals surface area (Å²) in [7, 11) is 0. The van der Waals surface area contributed by atoms with Crippen LogP contribution in [0.4, 0.5) is 14.5 Å². The Morgan fingerprint density at radius 1 is 1.26 bits per heavy atom. The predicted octanol–water partition coefficient (Wildman–Crippen LogP) is 4.00. The van der Waals surface area contributed by atoms with E-state index in [2.05, 4.69) is 10.5 Å². The number of oxime groups is 1. The highest BCUT2D eigenvalue weighted by atomic mass is 35.5. The number of carbonyl (C=O) groups is 1. The van der Waals surface area contributed by atoms with Gasteiger partial charge in [0.15, 0.2) is 0 Å². The van der Waals surface area contributed by atoms with Gasteiger partial charge in [-0.1, -0.05) is 28.9 Å². The molecule has 120 valence electrons. The van der Waals surface area contributed by atoms with Gasteiger partial charge in [-0.15, -0.1) is 0 Å². The van der Waals surface area contributed by atoms with E-state index in [1.807, 2.05) is 0 Å². The van der Waals surface area contributed by atoms with Crippen LogP contribution in [-0.4, -0.2) is 18.2 Å². The first-order valence-electron chi connectivity index (χ1n) is 6.66. The van der Waals surface area contributed by atoms with Crippen molar-refractivity contribution in [3.05, 3.63) is 64.7 Å². The van der Waals surface area contributed by atoms with Gasteiger partial charge in [-0.3, -0.25) is 4.79 Å². The molecule has 0 heterocycles. The molecule has 2 aromatic rings. The van der Waals surface area contributed by atoms with Gasteiger partial charge < -0.3 is 10.2 Å². The number of benzene rings is 2. The summed E-state index contributed by atoms with van der Waals surface area (Å²) in [4.78, 5) is 16.9. The molecule has 0 spiro atoms. The van der Waals surface area contributed by atoms with Crippen LogP contribution in [-0.2, 0) is 9.63 Å². The van der Waals surface area contributed by atoms with Gasteiger partial charge in [0, 0.05) is 0 Å². The minimum absolute atomic E-state index is 0.0776. The third kappa shape index (κ3) is 5.03. The van der Waals surface area contributed by atoms with Crippen molar-refractivity contribution in [1.29, 1.82) is 0 Å². The van der Waals surface area contributed by atoms with Crippen molar-refractivity contribution in [2.45, 2.75) is 13.0 Å². The van der Waals surface area contributed by atoms with Gasteiger partial charge in [0.25, 0.3) is 5.91 Å². The second-order valence-electron chi connectivity index (χ2n) is 4.65. The zero-order valence-corrected chi connectivity index (χ0v) is 12.8. The van der Waals surface area contributed by atoms with Gasteiger partial charge >= 0.3 is 0 Å². The van der Waals surface area contributed by atoms with Crippen LogP contribution >= 0.6 is 11.6 Å². The quantitative estimate of drug-likeness (QED) is 0.662. The van der Waals surface area contributed by atoms with E-state index in [1.54, 1.807) is 6.07 Å². The molecule has 0 radical (unpaired) electrons. The van der Waals surface area contributed by atoms with E-state index in [-0.39, 0.29) is 10.7 Å². The van der Waals surface area contributed by atoms with Crippen LogP contribution in [0.3, 0.4) is 0 Å². The zero-order chi connectivity index (χ0) is 16.8. The fraction of sp³-hybridized carbons (Fsp3) is 0.125. The minimum atomic E-state index is -0.916. The molecule has 0 saturated heterocycles. The summed E-state index contributed by atoms with van der Waals surface area (Å²) < 4.78 is 25.9. The number of nitrogens with one attached hydrogen (secondary N) is 1. The lowest BCUT2D eigenvalue weighted by molar-refractivity contribution is -0.126. The summed E-state index contributed by atoms with van der Waals surface area (Å²) in [5.74, 6) is -1.41. The molecular formula is C16H13ClF2N2O2. The molecule has 23 heavy (non-hydrogen) atoms. The van der Waals surface area contributed by atoms with Crippen LogP contribution in [0.15, 0.2) is 47.6 Å². The van der Waals surface area contributed by atoms with Gasteiger partial charge in [0.2, 0.25) is 6.10 Å². The lowest BCUT2D eigenvalue weighted by Gasteiger charge is -2.11. The van der Waals surface area contributed by atoms with Gasteiger partial charge in [-0.25, -0.2) is 8.78 Å². The number of amides is 1. The van der Waals surface area contributed by atoms with E-state index in [1.165, 1.54) is 43.5 Å². The molecule has 0 unspecified atom stereocenters. The Balaban J connectivity index is 1.92. The highest BCUT2D eigenvalue weighted by Gasteiger charge is 2.15. The van der Waals surface area contributed by atoms with Gasteiger partial charge in [-0.05, 0) is 42.8 Å². The molecule has 0 aromatic heterocycles. The van der Waals surface area contributed by atoms with Crippen molar-refractivity contribution >= 4 is 29.4 Å². The minimum Gasteiger partial charge on any atom is -0.383 e. The van der Waals surface area contributed by atoms with E-state index < -0.39 is 23.6 Å². The number of rotatable bonds is 5. The van der Waals surface area contributed by atoms with Crippen LogP contribution < -0.4 is 5.32 Å². The normalized spacial score (nSPS) is 12.2. The van der Waals surface area contributed by atoms with Crippen LogP contribution in [0, 0.1) is 11.6 Å². The molecule has 0 saturated carbocycles. The number of halogens is 3. The average Bonchev–Trinajstić information content (AvgIpc) is 2.50. The summed E-state index contributed by atoms with van der Waals surface area (Å²) in [6.45, 7) is 1.48. The Kier molecular flexibility index (Phi) is 5.65. The Morgan fingerprint density at radius 2 is 2.00 bits per heavy atom. The molecule has 1 N–H and O–H groups in total. The number of carbonyl (C=O) groups excluding carboxylic acids is 1. The van der Waals surface area contributed by atoms with Crippen molar-refractivity contribution in [3.8, 4) is 0 Å². The van der Waals surface area contributed by atoms with E-state index >= 15 is 0 Å². The van der Waals surface area contributed by atoms with E-state index in [0.29, 0.717) is 5.56 Å². The molecule has 0 aliphatic heterocycles. The van der Waals surface area contributed by atoms with Crippen LogP contribution in [0.25, 0.3) is 0 Å². The lowest BCUT2D eigenvalue weighted by Crippen LogP contribution is -2.26. The van der Waals surface area contributed by atoms with Gasteiger partial charge in [-0.2, -0.15) is 0 Å². The Hall–Kier alpha value is -2.47. The number of nitrogens with zero attached hydrogens (tertiary/aromatic N) is 1. The first-order valence-corrected chi connectivity index (χ1v) is 7.04. The fourth-order valence-corrected chi connectivity index (χ4v) is 1.86. The smallest absolute Gasteiger partial charge is 0.268 e. The molecule has 1 amide bonds. The predicted molar refractivity (Wildman–Crippen MR) is 84.6 cm³/mol. The summed E-state index contributed by atoms with van der Waals surface area (Å²) in [5, 5.41) is 6.21. The fourth-order valence-electron chi connectivity index (χ4n) is 1.64. The Bertz CT molecular complexity index is 738. The highest BCUT2D eigenvalue weighted by Crippen LogP contribution is 2.22. The standard InChI is InChI=1S/C16H13ClF2N2O2/c1-10(23-20-9-11-3-2-4-12(18)7-11)16(22)21-15-6-5-13(19)8-14(15)17/h2-10H,1H3,(H,21,22)/b20-9-/t10-/m0/s1. The maximum Gasteiger partial charge on any atom is 0.268 e. The molecule has 7 heteroatoms. The van der Waals surface area contributed by atoms with E-state index in [4.69, 9.17) is 16.4 Å². The molecule has 4 nitrogen and oxygen atoms in total. The van der Waals surface area contributed by atoms with Crippen LogP contribution in [0.5, 0.6) is 0 Å². The first kappa shape index (κ1) is 16.9. The molecule has 2 rings (SSSR count). The third-order valence-electron chi connectivity index (χ3n) is 2.83. The largest absolute Gasteiger partial charge is 0.383 e. The van der Waals surface area contributed by atoms with Crippen molar-refractivity contribution in [2.24, 2.45) is 5.16 Å². The van der Waals surface area contributed by atoms with Crippen molar-refractivity contribution < 1.29 is 18.4 Å². The maximum absolute atomic E-state index is 13.0. The van der Waals surface area contributed by atoms with E-state index in [9.17, 15) is 13.6 Å². The van der Waals surface area contributed by atoms with Crippen molar-refractivity contribution in [2.75, 3.05) is 5.32 Å². The average molecular weight is 339 g/mol. The van der Waals surface area contributed by atoms with Crippen molar-refractivity contribution in [3.63, 3.8) is 0 Å². The van der Waals surface area contributed by atoms with E-state index in [0.717, 1.165) is 6.07 Å². The SMILES string of the molecule is C[C@H](O/N=C\c1cccc(F)c1)C(=O)Nc1ccc(F)cc1Cl. The molecule has 0 bridgehead atoms. The Labute approximate surface area is 136 Å². The first-order chi connectivity index (χ1) is 11.0. The van der Waals surface area contributed by atoms with Gasteiger partial charge in [0.1, 0.15) is 11.6 Å². The monoisotopic (exact) mass is 338 g/mol. The van der Waals surface area contributed by atoms with Crippen LogP contribution in [0.2, 0.25) is 5.02 Å². The molecule has 0 aliphatic rings. The maximum atomic E-state index is 13.0.